The van der Waals surface area contributed by atoms with Crippen LogP contribution in [0.1, 0.15) is 39.0 Å². The van der Waals surface area contributed by atoms with Gasteiger partial charge >= 0.3 is 0 Å². The van der Waals surface area contributed by atoms with E-state index in [0.717, 1.165) is 6.42 Å². The first kappa shape index (κ1) is 9.70. The highest BCUT2D eigenvalue weighted by Gasteiger charge is 1.80. The monoisotopic (exact) mass is 140 g/mol. The van der Waals surface area contributed by atoms with E-state index >= 15 is 0 Å². The van der Waals surface area contributed by atoms with Gasteiger partial charge in [-0.2, -0.15) is 0 Å². The van der Waals surface area contributed by atoms with Crippen molar-refractivity contribution in [3.63, 3.8) is 0 Å². The first-order valence-corrected chi connectivity index (χ1v) is 4.21. The molecule has 0 saturated heterocycles. The van der Waals surface area contributed by atoms with Crippen LogP contribution >= 0.6 is 0 Å². The largest absolute Gasteiger partial charge is 0.258 e. The molecule has 59 valence electrons. The van der Waals surface area contributed by atoms with Crippen LogP contribution in [0.25, 0.3) is 0 Å². The van der Waals surface area contributed by atoms with Crippen molar-refractivity contribution in [1.82, 2.24) is 5.73 Å². The van der Waals surface area contributed by atoms with Crippen molar-refractivity contribution in [2.24, 2.45) is 0 Å². The van der Waals surface area contributed by atoms with Crippen LogP contribution in [0.4, 0.5) is 0 Å². The standard InChI is InChI=1S/C9H18N/c1-2-3-4-5-6-7-8-9-10/h6-7,10H,2-5,8-9H2,1H3. The third-order valence-corrected chi connectivity index (χ3v) is 1.45. The van der Waals surface area contributed by atoms with Gasteiger partial charge in [0.25, 0.3) is 0 Å². The minimum atomic E-state index is 0.532. The van der Waals surface area contributed by atoms with Gasteiger partial charge < -0.3 is 0 Å². The van der Waals surface area contributed by atoms with E-state index in [4.69, 9.17) is 5.73 Å². The number of allylic oxidation sites excluding steroid dienone is 1. The van der Waals surface area contributed by atoms with E-state index in [1.165, 1.54) is 25.7 Å². The van der Waals surface area contributed by atoms with Gasteiger partial charge in [0.1, 0.15) is 0 Å². The fourth-order valence-electron chi connectivity index (χ4n) is 0.831. The molecule has 1 nitrogen and oxygen atoms in total. The van der Waals surface area contributed by atoms with Crippen LogP contribution in [0.3, 0.4) is 0 Å². The number of nitrogens with one attached hydrogen (secondary N) is 1. The van der Waals surface area contributed by atoms with Crippen molar-refractivity contribution < 1.29 is 0 Å². The van der Waals surface area contributed by atoms with Gasteiger partial charge in [-0.15, -0.1) is 0 Å². The summed E-state index contributed by atoms with van der Waals surface area (Å²) in [5.41, 5.74) is 6.87. The Hall–Kier alpha value is -0.300. The molecule has 1 heteroatoms. The third-order valence-electron chi connectivity index (χ3n) is 1.45. The number of rotatable bonds is 6. The minimum absolute atomic E-state index is 0.532. The lowest BCUT2D eigenvalue weighted by Gasteiger charge is -1.90. The van der Waals surface area contributed by atoms with Crippen LogP contribution in [-0.4, -0.2) is 6.54 Å². The highest BCUT2D eigenvalue weighted by Crippen LogP contribution is 1.99. The molecule has 0 aromatic rings. The molecule has 0 heterocycles. The van der Waals surface area contributed by atoms with Crippen LogP contribution in [-0.2, 0) is 0 Å². The van der Waals surface area contributed by atoms with E-state index in [2.05, 4.69) is 19.1 Å². The van der Waals surface area contributed by atoms with Crippen LogP contribution in [0.5, 0.6) is 0 Å². The average molecular weight is 140 g/mol. The summed E-state index contributed by atoms with van der Waals surface area (Å²) in [6.07, 6.45) is 10.4. The van der Waals surface area contributed by atoms with Gasteiger partial charge in [-0.05, 0) is 19.3 Å². The fourth-order valence-corrected chi connectivity index (χ4v) is 0.831. The van der Waals surface area contributed by atoms with Gasteiger partial charge in [0.15, 0.2) is 0 Å². The maximum absolute atomic E-state index is 6.87. The lowest BCUT2D eigenvalue weighted by atomic mass is 10.2. The predicted molar refractivity (Wildman–Crippen MR) is 45.9 cm³/mol. The Balaban J connectivity index is 2.88. The topological polar surface area (TPSA) is 23.8 Å². The molecule has 0 rings (SSSR count). The molecule has 0 aliphatic rings. The molecule has 0 aliphatic carbocycles. The van der Waals surface area contributed by atoms with Crippen molar-refractivity contribution >= 4 is 0 Å². The second kappa shape index (κ2) is 8.70. The Morgan fingerprint density at radius 1 is 1.10 bits per heavy atom. The van der Waals surface area contributed by atoms with Crippen molar-refractivity contribution in [3.8, 4) is 0 Å². The molecule has 1 radical (unpaired) electrons. The van der Waals surface area contributed by atoms with E-state index < -0.39 is 0 Å². The van der Waals surface area contributed by atoms with Gasteiger partial charge in [0, 0.05) is 6.54 Å². The molecule has 0 amide bonds. The van der Waals surface area contributed by atoms with Crippen LogP contribution in [0, 0.1) is 0 Å². The van der Waals surface area contributed by atoms with E-state index in [1.807, 2.05) is 0 Å². The molecule has 0 aromatic carbocycles. The normalized spacial score (nSPS) is 11.0. The lowest BCUT2D eigenvalue weighted by Crippen LogP contribution is -1.78. The Morgan fingerprint density at radius 3 is 2.40 bits per heavy atom. The summed E-state index contributed by atoms with van der Waals surface area (Å²) in [7, 11) is 0. The summed E-state index contributed by atoms with van der Waals surface area (Å²) in [6.45, 7) is 2.75. The van der Waals surface area contributed by atoms with Gasteiger partial charge in [0.2, 0.25) is 0 Å². The maximum Gasteiger partial charge on any atom is 0.0134 e. The van der Waals surface area contributed by atoms with E-state index in [9.17, 15) is 0 Å². The Kier molecular flexibility index (Phi) is 8.44. The Bertz CT molecular complexity index is 76.8. The molecule has 10 heavy (non-hydrogen) atoms. The second-order valence-electron chi connectivity index (χ2n) is 2.51. The van der Waals surface area contributed by atoms with E-state index in [-0.39, 0.29) is 0 Å². The van der Waals surface area contributed by atoms with Crippen LogP contribution in [0.15, 0.2) is 12.2 Å². The maximum atomic E-state index is 6.87. The van der Waals surface area contributed by atoms with Gasteiger partial charge in [-0.25, -0.2) is 0 Å². The summed E-state index contributed by atoms with van der Waals surface area (Å²) >= 11 is 0. The summed E-state index contributed by atoms with van der Waals surface area (Å²) in [5, 5.41) is 0. The SMILES string of the molecule is CCCCCC=CCC[NH]. The molecule has 0 bridgehead atoms. The quantitative estimate of drug-likeness (QED) is 0.400. The number of unbranched alkanes of at least 4 members (excludes halogenated alkanes) is 3. The molecular weight excluding hydrogens is 122 g/mol. The summed E-state index contributed by atoms with van der Waals surface area (Å²) in [6, 6.07) is 0. The van der Waals surface area contributed by atoms with Crippen LogP contribution in [0.2, 0.25) is 0 Å². The molecule has 0 atom stereocenters. The zero-order valence-electron chi connectivity index (χ0n) is 6.90. The predicted octanol–water partition coefficient (Wildman–Crippen LogP) is 2.80. The molecular formula is C9H18N. The summed E-state index contributed by atoms with van der Waals surface area (Å²) < 4.78 is 0. The average Bonchev–Trinajstić information content (AvgIpc) is 1.97. The second-order valence-corrected chi connectivity index (χ2v) is 2.51. The molecule has 0 spiro atoms. The molecule has 1 N–H and O–H groups in total. The molecule has 0 saturated carbocycles. The number of hydrogen-bond donors (Lipinski definition) is 0. The molecule has 0 aromatic heterocycles. The molecule has 0 unspecified atom stereocenters. The molecule has 0 aliphatic heterocycles. The van der Waals surface area contributed by atoms with Crippen molar-refractivity contribution in [1.29, 1.82) is 0 Å². The van der Waals surface area contributed by atoms with Gasteiger partial charge in [0.05, 0.1) is 0 Å². The highest BCUT2D eigenvalue weighted by molar-refractivity contribution is 4.81. The zero-order chi connectivity index (χ0) is 7.66. The van der Waals surface area contributed by atoms with E-state index in [0.29, 0.717) is 6.54 Å². The lowest BCUT2D eigenvalue weighted by molar-refractivity contribution is 0.728. The fraction of sp³-hybridized carbons (Fsp3) is 0.778. The Morgan fingerprint density at radius 2 is 1.80 bits per heavy atom. The third kappa shape index (κ3) is 7.70. The van der Waals surface area contributed by atoms with Crippen molar-refractivity contribution in [2.75, 3.05) is 6.54 Å². The number of hydrogen-bond acceptors (Lipinski definition) is 0. The molecule has 0 fully saturated rings. The van der Waals surface area contributed by atoms with Crippen molar-refractivity contribution in [2.45, 2.75) is 39.0 Å². The first-order chi connectivity index (χ1) is 4.91. The van der Waals surface area contributed by atoms with Gasteiger partial charge in [-0.3, -0.25) is 5.73 Å². The minimum Gasteiger partial charge on any atom is -0.258 e. The first-order valence-electron chi connectivity index (χ1n) is 4.21. The summed E-state index contributed by atoms with van der Waals surface area (Å²) in [4.78, 5) is 0. The smallest absolute Gasteiger partial charge is 0.0134 e. The Labute approximate surface area is 64.3 Å². The van der Waals surface area contributed by atoms with Crippen molar-refractivity contribution in [3.05, 3.63) is 12.2 Å². The van der Waals surface area contributed by atoms with Gasteiger partial charge in [-0.1, -0.05) is 31.9 Å². The highest BCUT2D eigenvalue weighted by atomic mass is 14.5. The summed E-state index contributed by atoms with van der Waals surface area (Å²) in [5.74, 6) is 0. The zero-order valence-corrected chi connectivity index (χ0v) is 6.90. The van der Waals surface area contributed by atoms with Crippen LogP contribution < -0.4 is 5.73 Å². The van der Waals surface area contributed by atoms with E-state index in [1.54, 1.807) is 0 Å².